The molecule has 1 aliphatic rings. The minimum absolute atomic E-state index is 0. The average Bonchev–Trinajstić information content (AvgIpc) is 2.78. The molecule has 0 aromatic heterocycles. The van der Waals surface area contributed by atoms with Crippen molar-refractivity contribution in [2.45, 2.75) is 0 Å². The van der Waals surface area contributed by atoms with Crippen molar-refractivity contribution in [1.29, 1.82) is 0 Å². The van der Waals surface area contributed by atoms with Crippen LogP contribution in [0.5, 0.6) is 0 Å². The van der Waals surface area contributed by atoms with Crippen LogP contribution in [0.1, 0.15) is 20.7 Å². The number of imide groups is 1. The third-order valence-corrected chi connectivity index (χ3v) is 4.08. The van der Waals surface area contributed by atoms with Crippen LogP contribution in [0, 0.1) is 0 Å². The van der Waals surface area contributed by atoms with Gasteiger partial charge in [0.1, 0.15) is 13.3 Å². The van der Waals surface area contributed by atoms with Gasteiger partial charge in [0.25, 0.3) is 22.8 Å². The lowest BCUT2D eigenvalue weighted by atomic mass is 10.1. The molecule has 1 aromatic rings. The van der Waals surface area contributed by atoms with Crippen LogP contribution >= 0.6 is 12.4 Å². The van der Waals surface area contributed by atoms with E-state index in [0.717, 1.165) is 0 Å². The van der Waals surface area contributed by atoms with Gasteiger partial charge in [-0.2, -0.15) is 0 Å². The number of likely N-dealkylation sites (N-methyl/N-ethyl adjacent to an activating group) is 1. The third kappa shape index (κ3) is 5.63. The zero-order chi connectivity index (χ0) is 19.4. The molecule has 2 amide bonds. The van der Waals surface area contributed by atoms with Crippen LogP contribution in [0.25, 0.3) is 0 Å². The molecule has 0 fully saturated rings. The highest BCUT2D eigenvalue weighted by Gasteiger charge is 2.37. The van der Waals surface area contributed by atoms with Gasteiger partial charge < -0.3 is 14.9 Å². The second-order valence-corrected chi connectivity index (χ2v) is 6.57. The minimum Gasteiger partial charge on any atom is -0.480 e. The number of anilines is 1. The second kappa shape index (κ2) is 9.65. The fourth-order valence-electron chi connectivity index (χ4n) is 2.46. The smallest absolute Gasteiger partial charge is 0.323 e. The van der Waals surface area contributed by atoms with Crippen LogP contribution < -0.4 is 4.90 Å². The van der Waals surface area contributed by atoms with E-state index in [9.17, 15) is 22.8 Å². The number of nitrogens with zero attached hydrogens (tertiary/aromatic N) is 3. The van der Waals surface area contributed by atoms with E-state index in [4.69, 9.17) is 5.11 Å². The van der Waals surface area contributed by atoms with Crippen LogP contribution in [-0.2, 0) is 20.0 Å². The number of fused-ring (bicyclic) bond motifs is 1. The van der Waals surface area contributed by atoms with Gasteiger partial charge in [0, 0.05) is 18.8 Å². The van der Waals surface area contributed by atoms with Gasteiger partial charge in [0.05, 0.1) is 11.1 Å². The van der Waals surface area contributed by atoms with Crippen molar-refractivity contribution in [3.05, 3.63) is 29.3 Å². The lowest BCUT2D eigenvalue weighted by Gasteiger charge is -2.25. The van der Waals surface area contributed by atoms with E-state index in [1.165, 1.54) is 12.1 Å². The Balaban J connectivity index is 0.00000364. The minimum atomic E-state index is -3.04. The Hall–Kier alpha value is -2.21. The quantitative estimate of drug-likeness (QED) is 0.313. The molecule has 0 aliphatic carbocycles. The zero-order valence-corrected chi connectivity index (χ0v) is 16.4. The summed E-state index contributed by atoms with van der Waals surface area (Å²) in [5.41, 5.74) is 0.680. The Morgan fingerprint density at radius 2 is 1.78 bits per heavy atom. The summed E-state index contributed by atoms with van der Waals surface area (Å²) in [4.78, 5) is 39.5. The number of carboxylic acids is 1. The van der Waals surface area contributed by atoms with Gasteiger partial charge in [0.15, 0.2) is 0 Å². The molecule has 1 aromatic carbocycles. The molecule has 0 unspecified atom stereocenters. The Labute approximate surface area is 163 Å². The highest BCUT2D eigenvalue weighted by atomic mass is 35.5. The van der Waals surface area contributed by atoms with Crippen molar-refractivity contribution in [2.24, 2.45) is 0 Å². The molecule has 0 saturated heterocycles. The number of hydrogen-bond donors (Lipinski definition) is 2. The molecule has 10 nitrogen and oxygen atoms in total. The molecule has 12 heteroatoms. The monoisotopic (exact) mass is 421 g/mol. The number of amides is 2. The summed E-state index contributed by atoms with van der Waals surface area (Å²) >= 11 is 0. The largest absolute Gasteiger partial charge is 0.480 e. The summed E-state index contributed by atoms with van der Waals surface area (Å²) in [7, 11) is 0.660. The molecule has 1 N–H and O–H groups in total. The molecule has 0 spiro atoms. The summed E-state index contributed by atoms with van der Waals surface area (Å²) in [6.45, 7) is 0.0438. The molecule has 1 aliphatic heterocycles. The first-order valence-corrected chi connectivity index (χ1v) is 8.69. The lowest BCUT2D eigenvalue weighted by Crippen LogP contribution is -2.34. The predicted molar refractivity (Wildman–Crippen MR) is 98.9 cm³/mol. The molecular weight excluding hydrogens is 402 g/mol. The highest BCUT2D eigenvalue weighted by Crippen LogP contribution is 2.27. The SMILES string of the molecule is CN(C)CCN(CO[SH](=O)=O)c1ccc2c(c1)C(=O)N(CC(=O)O)C2=O.Cl. The summed E-state index contributed by atoms with van der Waals surface area (Å²) in [5.74, 6) is -2.66. The molecule has 150 valence electrons. The zero-order valence-electron chi connectivity index (χ0n) is 14.7. The van der Waals surface area contributed by atoms with E-state index in [-0.39, 0.29) is 30.3 Å². The summed E-state index contributed by atoms with van der Waals surface area (Å²) in [6.07, 6.45) is 0. The van der Waals surface area contributed by atoms with Crippen LogP contribution in [0.4, 0.5) is 5.69 Å². The summed E-state index contributed by atoms with van der Waals surface area (Å²) in [5, 5.41) is 8.84. The van der Waals surface area contributed by atoms with E-state index < -0.39 is 35.3 Å². The Bertz CT molecular complexity index is 805. The van der Waals surface area contributed by atoms with Gasteiger partial charge in [-0.3, -0.25) is 23.5 Å². The van der Waals surface area contributed by atoms with E-state index in [1.54, 1.807) is 11.0 Å². The van der Waals surface area contributed by atoms with Crippen LogP contribution in [-0.4, -0.2) is 81.6 Å². The first-order chi connectivity index (χ1) is 12.2. The van der Waals surface area contributed by atoms with Gasteiger partial charge >= 0.3 is 5.97 Å². The first-order valence-electron chi connectivity index (χ1n) is 7.59. The van der Waals surface area contributed by atoms with Crippen molar-refractivity contribution in [3.8, 4) is 0 Å². The van der Waals surface area contributed by atoms with Crippen molar-refractivity contribution < 1.29 is 32.1 Å². The standard InChI is InChI=1S/C15H19N3O7S.ClH/c1-16(2)5-6-17(9-25-26(23)24)10-3-4-11-12(7-10)15(22)18(14(11)21)8-13(19)20;/h3-4,7,26H,5-6,8-9H2,1-2H3,(H,19,20);1H. The maximum atomic E-state index is 12.3. The molecule has 0 radical (unpaired) electrons. The Morgan fingerprint density at radius 1 is 1.15 bits per heavy atom. The van der Waals surface area contributed by atoms with E-state index in [1.807, 2.05) is 19.0 Å². The topological polar surface area (TPSA) is 125 Å². The number of hydrogen-bond acceptors (Lipinski definition) is 8. The molecule has 0 atom stereocenters. The van der Waals surface area contributed by atoms with Crippen molar-refractivity contribution in [2.75, 3.05) is 45.4 Å². The molecular formula is C15H20ClN3O7S. The number of carbonyl (C=O) groups excluding carboxylic acids is 2. The fraction of sp³-hybridized carbons (Fsp3) is 0.400. The maximum absolute atomic E-state index is 12.3. The van der Waals surface area contributed by atoms with Crippen molar-refractivity contribution in [1.82, 2.24) is 9.80 Å². The van der Waals surface area contributed by atoms with E-state index in [0.29, 0.717) is 23.7 Å². The second-order valence-electron chi connectivity index (χ2n) is 5.87. The van der Waals surface area contributed by atoms with E-state index >= 15 is 0 Å². The number of aliphatic carboxylic acids is 1. The van der Waals surface area contributed by atoms with Crippen LogP contribution in [0.3, 0.4) is 0 Å². The molecule has 1 heterocycles. The Kier molecular flexibility index (Phi) is 8.16. The van der Waals surface area contributed by atoms with Gasteiger partial charge in [-0.15, -0.1) is 12.4 Å². The van der Waals surface area contributed by atoms with Crippen molar-refractivity contribution >= 4 is 46.9 Å². The number of carbonyl (C=O) groups is 3. The predicted octanol–water partition coefficient (Wildman–Crippen LogP) is -0.343. The lowest BCUT2D eigenvalue weighted by molar-refractivity contribution is -0.137. The van der Waals surface area contributed by atoms with Gasteiger partial charge in [-0.25, -0.2) is 8.42 Å². The molecule has 0 saturated carbocycles. The highest BCUT2D eigenvalue weighted by molar-refractivity contribution is 7.67. The fourth-order valence-corrected chi connectivity index (χ4v) is 2.69. The maximum Gasteiger partial charge on any atom is 0.323 e. The summed E-state index contributed by atoms with van der Waals surface area (Å²) < 4.78 is 26.1. The number of rotatable bonds is 9. The van der Waals surface area contributed by atoms with Crippen LogP contribution in [0.2, 0.25) is 0 Å². The molecule has 0 bridgehead atoms. The average molecular weight is 422 g/mol. The third-order valence-electron chi connectivity index (χ3n) is 3.75. The van der Waals surface area contributed by atoms with E-state index in [2.05, 4.69) is 4.18 Å². The van der Waals surface area contributed by atoms with Gasteiger partial charge in [-0.1, -0.05) is 0 Å². The number of benzene rings is 1. The molecule has 27 heavy (non-hydrogen) atoms. The number of carboxylic acid groups (broad SMARTS) is 1. The Morgan fingerprint density at radius 3 is 2.33 bits per heavy atom. The molecule has 2 rings (SSSR count). The van der Waals surface area contributed by atoms with Gasteiger partial charge in [0.2, 0.25) is 0 Å². The normalized spacial score (nSPS) is 13.1. The summed E-state index contributed by atoms with van der Waals surface area (Å²) in [6, 6.07) is 4.42. The first kappa shape index (κ1) is 22.8. The number of halogens is 1. The number of thiol groups is 1. The van der Waals surface area contributed by atoms with Gasteiger partial charge in [-0.05, 0) is 32.3 Å². The van der Waals surface area contributed by atoms with Crippen molar-refractivity contribution in [3.63, 3.8) is 0 Å². The van der Waals surface area contributed by atoms with Crippen LogP contribution in [0.15, 0.2) is 18.2 Å².